The molecular weight excluding hydrogens is 380 g/mol. The molecule has 0 fully saturated rings. The molecule has 31 heavy (non-hydrogen) atoms. The van der Waals surface area contributed by atoms with Gasteiger partial charge in [-0.05, 0) is 79.0 Å². The molecule has 2 aromatic carbocycles. The van der Waals surface area contributed by atoms with Gasteiger partial charge >= 0.3 is 5.97 Å². The van der Waals surface area contributed by atoms with E-state index in [9.17, 15) is 4.79 Å². The number of unbranched alkanes of at least 4 members (excludes halogenated alkanes) is 4. The van der Waals surface area contributed by atoms with Crippen molar-refractivity contribution in [1.29, 1.82) is 0 Å². The van der Waals surface area contributed by atoms with Crippen LogP contribution >= 0.6 is 0 Å². The topological polar surface area (TPSA) is 26.3 Å². The van der Waals surface area contributed by atoms with E-state index in [1.807, 2.05) is 24.3 Å². The van der Waals surface area contributed by atoms with E-state index in [0.29, 0.717) is 11.3 Å². The first kappa shape index (κ1) is 23.3. The monoisotopic (exact) mass is 418 g/mol. The largest absolute Gasteiger partial charge is 0.423 e. The minimum absolute atomic E-state index is 0.293. The van der Waals surface area contributed by atoms with Gasteiger partial charge in [-0.25, -0.2) is 4.79 Å². The molecule has 166 valence electrons. The first-order chi connectivity index (χ1) is 15.2. The lowest BCUT2D eigenvalue weighted by Gasteiger charge is -2.22. The lowest BCUT2D eigenvalue weighted by atomic mass is 9.84. The zero-order chi connectivity index (χ0) is 21.9. The first-order valence-electron chi connectivity index (χ1n) is 12.3. The number of benzene rings is 2. The number of allylic oxidation sites excluding steroid dienone is 2. The van der Waals surface area contributed by atoms with Crippen LogP contribution in [-0.2, 0) is 6.42 Å². The Kier molecular flexibility index (Phi) is 9.39. The molecule has 1 aliphatic rings. The van der Waals surface area contributed by atoms with Gasteiger partial charge in [0.25, 0.3) is 0 Å². The van der Waals surface area contributed by atoms with E-state index >= 15 is 0 Å². The third kappa shape index (κ3) is 7.38. The number of hydrogen-bond acceptors (Lipinski definition) is 2. The van der Waals surface area contributed by atoms with Crippen molar-refractivity contribution in [2.45, 2.75) is 84.5 Å². The summed E-state index contributed by atoms with van der Waals surface area (Å²) >= 11 is 0. The Morgan fingerprint density at radius 1 is 0.903 bits per heavy atom. The zero-order valence-corrected chi connectivity index (χ0v) is 19.4. The summed E-state index contributed by atoms with van der Waals surface area (Å²) in [5.41, 5.74) is 4.56. The summed E-state index contributed by atoms with van der Waals surface area (Å²) in [4.78, 5) is 12.5. The van der Waals surface area contributed by atoms with Crippen LogP contribution in [0.15, 0.2) is 54.6 Å². The molecule has 2 nitrogen and oxygen atoms in total. The Labute approximate surface area is 188 Å². The molecule has 0 saturated heterocycles. The van der Waals surface area contributed by atoms with Crippen molar-refractivity contribution >= 4 is 11.5 Å². The van der Waals surface area contributed by atoms with Crippen LogP contribution in [0.3, 0.4) is 0 Å². The fourth-order valence-electron chi connectivity index (χ4n) is 4.39. The Morgan fingerprint density at radius 2 is 1.61 bits per heavy atom. The standard InChI is InChI=1S/C29H38O2/c1-3-5-7-9-23-11-15-25(16-12-23)26-17-19-27(20-18-26)29(30)31-28-21-13-24(14-22-28)10-8-6-4-2/h13-15,17-23H,3-12,16H2,1-2H3. The number of rotatable bonds is 11. The normalized spacial score (nSPS) is 16.1. The molecule has 2 aromatic rings. The van der Waals surface area contributed by atoms with E-state index in [0.717, 1.165) is 18.8 Å². The molecule has 0 saturated carbocycles. The fraction of sp³-hybridized carbons (Fsp3) is 0.483. The fourth-order valence-corrected chi connectivity index (χ4v) is 4.39. The van der Waals surface area contributed by atoms with Gasteiger partial charge in [0, 0.05) is 0 Å². The predicted octanol–water partition coefficient (Wildman–Crippen LogP) is 8.40. The minimum atomic E-state index is -0.293. The highest BCUT2D eigenvalue weighted by atomic mass is 16.5. The second-order valence-corrected chi connectivity index (χ2v) is 8.93. The number of carbonyl (C=O) groups is 1. The maximum atomic E-state index is 12.5. The molecule has 1 atom stereocenters. The van der Waals surface area contributed by atoms with Crippen LogP contribution in [0, 0.1) is 5.92 Å². The Hall–Kier alpha value is -2.35. The Bertz CT molecular complexity index is 830. The number of ether oxygens (including phenoxy) is 1. The van der Waals surface area contributed by atoms with Gasteiger partial charge in [0.1, 0.15) is 5.75 Å². The van der Waals surface area contributed by atoms with Gasteiger partial charge in [-0.15, -0.1) is 0 Å². The maximum absolute atomic E-state index is 12.5. The molecule has 0 aromatic heterocycles. The van der Waals surface area contributed by atoms with Gasteiger partial charge in [-0.2, -0.15) is 0 Å². The summed E-state index contributed by atoms with van der Waals surface area (Å²) in [6.07, 6.45) is 16.2. The predicted molar refractivity (Wildman–Crippen MR) is 131 cm³/mol. The highest BCUT2D eigenvalue weighted by molar-refractivity contribution is 5.91. The molecule has 3 rings (SSSR count). The quantitative estimate of drug-likeness (QED) is 0.208. The molecule has 1 unspecified atom stereocenters. The van der Waals surface area contributed by atoms with Crippen molar-refractivity contribution in [1.82, 2.24) is 0 Å². The smallest absolute Gasteiger partial charge is 0.343 e. The number of hydrogen-bond donors (Lipinski definition) is 0. The minimum Gasteiger partial charge on any atom is -0.423 e. The van der Waals surface area contributed by atoms with Crippen molar-refractivity contribution in [3.05, 3.63) is 71.3 Å². The molecular formula is C29H38O2. The van der Waals surface area contributed by atoms with E-state index in [1.54, 1.807) is 0 Å². The summed E-state index contributed by atoms with van der Waals surface area (Å²) in [5, 5.41) is 0. The lowest BCUT2D eigenvalue weighted by molar-refractivity contribution is 0.0734. The van der Waals surface area contributed by atoms with Crippen LogP contribution in [0.25, 0.3) is 5.57 Å². The molecule has 0 amide bonds. The third-order valence-corrected chi connectivity index (χ3v) is 6.43. The van der Waals surface area contributed by atoms with Crippen molar-refractivity contribution < 1.29 is 9.53 Å². The van der Waals surface area contributed by atoms with E-state index in [2.05, 4.69) is 44.2 Å². The van der Waals surface area contributed by atoms with E-state index < -0.39 is 0 Å². The van der Waals surface area contributed by atoms with Crippen LogP contribution in [0.1, 0.15) is 99.5 Å². The maximum Gasteiger partial charge on any atom is 0.343 e. The van der Waals surface area contributed by atoms with Crippen LogP contribution in [-0.4, -0.2) is 5.97 Å². The third-order valence-electron chi connectivity index (χ3n) is 6.43. The van der Waals surface area contributed by atoms with Gasteiger partial charge < -0.3 is 4.74 Å². The number of aryl methyl sites for hydroxylation is 1. The average molecular weight is 419 g/mol. The summed E-state index contributed by atoms with van der Waals surface area (Å²) in [7, 11) is 0. The average Bonchev–Trinajstić information content (AvgIpc) is 2.81. The van der Waals surface area contributed by atoms with E-state index in [1.165, 1.54) is 74.5 Å². The van der Waals surface area contributed by atoms with E-state index in [4.69, 9.17) is 4.74 Å². The highest BCUT2D eigenvalue weighted by Crippen LogP contribution is 2.33. The zero-order valence-electron chi connectivity index (χ0n) is 19.4. The highest BCUT2D eigenvalue weighted by Gasteiger charge is 2.16. The molecule has 0 heterocycles. The lowest BCUT2D eigenvalue weighted by Crippen LogP contribution is -2.09. The molecule has 0 aliphatic heterocycles. The molecule has 0 bridgehead atoms. The molecule has 0 N–H and O–H groups in total. The molecule has 2 heteroatoms. The summed E-state index contributed by atoms with van der Waals surface area (Å²) < 4.78 is 5.57. The first-order valence-corrected chi connectivity index (χ1v) is 12.3. The van der Waals surface area contributed by atoms with Crippen molar-refractivity contribution in [3.63, 3.8) is 0 Å². The summed E-state index contributed by atoms with van der Waals surface area (Å²) in [6, 6.07) is 15.8. The van der Waals surface area contributed by atoms with Crippen LogP contribution in [0.5, 0.6) is 5.75 Å². The van der Waals surface area contributed by atoms with Crippen molar-refractivity contribution in [3.8, 4) is 5.75 Å². The van der Waals surface area contributed by atoms with Gasteiger partial charge in [0.05, 0.1) is 5.56 Å². The Morgan fingerprint density at radius 3 is 2.26 bits per heavy atom. The summed E-state index contributed by atoms with van der Waals surface area (Å²) in [6.45, 7) is 4.48. The molecule has 0 spiro atoms. The van der Waals surface area contributed by atoms with Crippen LogP contribution < -0.4 is 4.74 Å². The van der Waals surface area contributed by atoms with Crippen molar-refractivity contribution in [2.75, 3.05) is 0 Å². The SMILES string of the molecule is CCCCCc1ccc(OC(=O)c2ccc(C3=CCC(CCCCC)CC3)cc2)cc1. The van der Waals surface area contributed by atoms with Gasteiger partial charge in [0.2, 0.25) is 0 Å². The molecule has 1 aliphatic carbocycles. The van der Waals surface area contributed by atoms with E-state index in [-0.39, 0.29) is 5.97 Å². The summed E-state index contributed by atoms with van der Waals surface area (Å²) in [5.74, 6) is 1.17. The van der Waals surface area contributed by atoms with Gasteiger partial charge in [-0.3, -0.25) is 0 Å². The van der Waals surface area contributed by atoms with Gasteiger partial charge in [-0.1, -0.05) is 82.7 Å². The number of esters is 1. The van der Waals surface area contributed by atoms with Gasteiger partial charge in [0.15, 0.2) is 0 Å². The van der Waals surface area contributed by atoms with Crippen LogP contribution in [0.4, 0.5) is 0 Å². The second kappa shape index (κ2) is 12.5. The second-order valence-electron chi connectivity index (χ2n) is 8.93. The van der Waals surface area contributed by atoms with Crippen molar-refractivity contribution in [2.24, 2.45) is 5.92 Å². The molecule has 0 radical (unpaired) electrons. The number of carbonyl (C=O) groups excluding carboxylic acids is 1. The van der Waals surface area contributed by atoms with Crippen LogP contribution in [0.2, 0.25) is 0 Å². The Balaban J connectivity index is 1.51.